The minimum absolute atomic E-state index is 0.0431. The summed E-state index contributed by atoms with van der Waals surface area (Å²) >= 11 is 0. The Hall–Kier alpha value is -4.03. The van der Waals surface area contributed by atoms with Crippen molar-refractivity contribution in [1.29, 1.82) is 0 Å². The average Bonchev–Trinajstić information content (AvgIpc) is 3.29. The van der Waals surface area contributed by atoms with Gasteiger partial charge in [0.2, 0.25) is 0 Å². The summed E-state index contributed by atoms with van der Waals surface area (Å²) in [6, 6.07) is 8.54. The smallest absolute Gasteiger partial charge is 0.328 e. The van der Waals surface area contributed by atoms with Crippen LogP contribution in [0.2, 0.25) is 0 Å². The van der Waals surface area contributed by atoms with Crippen molar-refractivity contribution in [3.63, 3.8) is 0 Å². The normalized spacial score (nSPS) is 20.9. The maximum Gasteiger partial charge on any atom is 0.328 e. The topological polar surface area (TPSA) is 89.1 Å². The van der Waals surface area contributed by atoms with E-state index < -0.39 is 23.4 Å². The Labute approximate surface area is 214 Å². The van der Waals surface area contributed by atoms with Crippen LogP contribution in [-0.4, -0.2) is 76.1 Å². The van der Waals surface area contributed by atoms with E-state index in [2.05, 4.69) is 10.9 Å². The Morgan fingerprint density at radius 3 is 2.81 bits per heavy atom. The Morgan fingerprint density at radius 2 is 2.11 bits per heavy atom. The molecule has 0 bridgehead atoms. The van der Waals surface area contributed by atoms with Crippen LogP contribution in [0.25, 0.3) is 10.9 Å². The quantitative estimate of drug-likeness (QED) is 0.379. The van der Waals surface area contributed by atoms with Gasteiger partial charge < -0.3 is 14.8 Å². The molecule has 2 aromatic carbocycles. The van der Waals surface area contributed by atoms with E-state index in [0.29, 0.717) is 36.3 Å². The number of aromatic amines is 1. The molecule has 3 amide bonds. The molecule has 2 N–H and O–H groups in total. The summed E-state index contributed by atoms with van der Waals surface area (Å²) in [6.07, 6.45) is 6.22. The molecule has 3 aromatic rings. The lowest BCUT2D eigenvalue weighted by atomic mass is 9.81. The second-order valence-electron chi connectivity index (χ2n) is 9.90. The number of methoxy groups -OCH3 is 1. The molecule has 1 fully saturated rings. The Bertz CT molecular complexity index is 1440. The van der Waals surface area contributed by atoms with Crippen LogP contribution >= 0.6 is 0 Å². The molecule has 0 saturated carbocycles. The van der Waals surface area contributed by atoms with E-state index in [0.717, 1.165) is 10.9 Å². The van der Waals surface area contributed by atoms with Crippen molar-refractivity contribution in [3.8, 4) is 23.8 Å². The van der Waals surface area contributed by atoms with Gasteiger partial charge >= 0.3 is 6.03 Å². The Kier molecular flexibility index (Phi) is 6.08. The molecule has 1 aromatic heterocycles. The van der Waals surface area contributed by atoms with Gasteiger partial charge in [0.15, 0.2) is 11.6 Å². The highest BCUT2D eigenvalue weighted by Crippen LogP contribution is 2.49. The first-order valence-electron chi connectivity index (χ1n) is 12.1. The first-order valence-corrected chi connectivity index (χ1v) is 12.1. The summed E-state index contributed by atoms with van der Waals surface area (Å²) in [6.45, 7) is 3.16. The van der Waals surface area contributed by atoms with E-state index in [1.165, 1.54) is 18.1 Å². The molecular weight excluding hydrogens is 475 g/mol. The maximum absolute atomic E-state index is 14.5. The summed E-state index contributed by atoms with van der Waals surface area (Å²) < 4.78 is 19.8. The minimum atomic E-state index is -1.17. The van der Waals surface area contributed by atoms with Crippen LogP contribution in [-0.2, 0) is 11.2 Å². The molecule has 5 rings (SSSR count). The number of halogens is 1. The van der Waals surface area contributed by atoms with Crippen molar-refractivity contribution in [1.82, 2.24) is 19.7 Å². The summed E-state index contributed by atoms with van der Waals surface area (Å²) in [5.41, 5.74) is 1.52. The number of phenols is 1. The highest BCUT2D eigenvalue weighted by molar-refractivity contribution is 6.08. The van der Waals surface area contributed by atoms with Crippen LogP contribution in [0, 0.1) is 18.2 Å². The lowest BCUT2D eigenvalue weighted by Gasteiger charge is -2.42. The van der Waals surface area contributed by atoms with Gasteiger partial charge in [0.25, 0.3) is 5.91 Å². The summed E-state index contributed by atoms with van der Waals surface area (Å²) in [7, 11) is 3.30. The number of nitrogens with one attached hydrogen (secondary N) is 1. The lowest BCUT2D eigenvalue weighted by molar-refractivity contribution is -0.133. The number of aromatic hydroxyl groups is 1. The van der Waals surface area contributed by atoms with Crippen molar-refractivity contribution in [3.05, 3.63) is 59.0 Å². The van der Waals surface area contributed by atoms with Crippen molar-refractivity contribution < 1.29 is 23.8 Å². The first kappa shape index (κ1) is 24.7. The van der Waals surface area contributed by atoms with Gasteiger partial charge in [-0.1, -0.05) is 18.1 Å². The number of fused-ring (bicyclic) bond motifs is 4. The molecule has 0 spiro atoms. The highest BCUT2D eigenvalue weighted by Gasteiger charge is 2.60. The number of nitrogens with zero attached hydrogens (tertiary/aromatic N) is 3. The monoisotopic (exact) mass is 504 g/mol. The molecule has 3 heterocycles. The number of terminal acetylenes is 1. The molecule has 37 heavy (non-hydrogen) atoms. The molecule has 9 heteroatoms. The number of imide groups is 1. The summed E-state index contributed by atoms with van der Waals surface area (Å²) in [5, 5.41) is 11.0. The number of carbonyl (C=O) groups excluding carboxylic acids is 2. The van der Waals surface area contributed by atoms with E-state index in [4.69, 9.17) is 11.2 Å². The third kappa shape index (κ3) is 3.89. The Morgan fingerprint density at radius 1 is 1.32 bits per heavy atom. The average molecular weight is 505 g/mol. The fourth-order valence-corrected chi connectivity index (χ4v) is 5.65. The number of hydrogen-bond donors (Lipinski definition) is 2. The van der Waals surface area contributed by atoms with Gasteiger partial charge in [-0.05, 0) is 49.7 Å². The van der Waals surface area contributed by atoms with Crippen LogP contribution in [0.5, 0.6) is 11.5 Å². The SMILES string of the molecule is C#CCN(C)CCCN1C(=O)N2C(c3cccc(O)c3)c3[nH]c4cc(F)c(OC)cc4c3C[C@@]2(C)C1=O. The zero-order valence-corrected chi connectivity index (χ0v) is 21.0. The number of benzene rings is 2. The number of amides is 3. The molecule has 2 atom stereocenters. The van der Waals surface area contributed by atoms with Crippen LogP contribution in [0.1, 0.15) is 36.2 Å². The number of rotatable bonds is 7. The van der Waals surface area contributed by atoms with Crippen LogP contribution < -0.4 is 4.74 Å². The van der Waals surface area contributed by atoms with Crippen LogP contribution in [0.3, 0.4) is 0 Å². The van der Waals surface area contributed by atoms with Crippen molar-refractivity contribution in [2.45, 2.75) is 31.3 Å². The zero-order valence-electron chi connectivity index (χ0n) is 21.0. The number of ether oxygens (including phenoxy) is 1. The van der Waals surface area contributed by atoms with Gasteiger partial charge in [0, 0.05) is 42.2 Å². The zero-order chi connectivity index (χ0) is 26.5. The van der Waals surface area contributed by atoms with Gasteiger partial charge in [-0.2, -0.15) is 0 Å². The molecule has 0 aliphatic carbocycles. The minimum Gasteiger partial charge on any atom is -0.508 e. The summed E-state index contributed by atoms with van der Waals surface area (Å²) in [5.74, 6) is 1.94. The lowest BCUT2D eigenvalue weighted by Crippen LogP contribution is -2.53. The number of aromatic nitrogens is 1. The molecule has 1 unspecified atom stereocenters. The highest BCUT2D eigenvalue weighted by atomic mass is 19.1. The molecule has 0 radical (unpaired) electrons. The van der Waals surface area contributed by atoms with Gasteiger partial charge in [0.05, 0.1) is 13.7 Å². The van der Waals surface area contributed by atoms with Crippen molar-refractivity contribution in [2.24, 2.45) is 0 Å². The van der Waals surface area contributed by atoms with Gasteiger partial charge in [-0.3, -0.25) is 19.5 Å². The van der Waals surface area contributed by atoms with E-state index in [1.807, 2.05) is 18.0 Å². The summed E-state index contributed by atoms with van der Waals surface area (Å²) in [4.78, 5) is 35.8. The van der Waals surface area contributed by atoms with Gasteiger partial charge in [-0.15, -0.1) is 6.42 Å². The predicted molar refractivity (Wildman–Crippen MR) is 137 cm³/mol. The van der Waals surface area contributed by atoms with Gasteiger partial charge in [0.1, 0.15) is 17.3 Å². The molecule has 192 valence electrons. The van der Waals surface area contributed by atoms with Crippen molar-refractivity contribution in [2.75, 3.05) is 33.8 Å². The van der Waals surface area contributed by atoms with E-state index >= 15 is 0 Å². The third-order valence-corrected chi connectivity index (χ3v) is 7.41. The van der Waals surface area contributed by atoms with E-state index in [-0.39, 0.29) is 30.4 Å². The van der Waals surface area contributed by atoms with Crippen LogP contribution in [0.4, 0.5) is 9.18 Å². The number of hydrogen-bond acceptors (Lipinski definition) is 5. The number of phenolic OH excluding ortho intramolecular Hbond substituents is 1. The molecule has 8 nitrogen and oxygen atoms in total. The number of carbonyl (C=O) groups is 2. The second-order valence-corrected chi connectivity index (χ2v) is 9.90. The molecule has 2 aliphatic heterocycles. The number of H-pyrrole nitrogens is 1. The number of urea groups is 1. The fourth-order valence-electron chi connectivity index (χ4n) is 5.65. The molecular formula is C28H29FN4O4. The third-order valence-electron chi connectivity index (χ3n) is 7.41. The molecule has 1 saturated heterocycles. The molecule has 2 aliphatic rings. The standard InChI is InChI=1S/C28H29FN4O4/c1-5-10-31(3)11-7-12-32-26(35)28(2)16-20-19-14-23(37-4)21(29)15-22(19)30-24(20)25(33(28)27(32)36)17-8-6-9-18(34)13-17/h1,6,8-9,13-15,25,30,34H,7,10-12,16H2,2-4H3/t25?,28-/m0/s1. The van der Waals surface area contributed by atoms with Crippen LogP contribution in [0.15, 0.2) is 36.4 Å². The maximum atomic E-state index is 14.5. The largest absolute Gasteiger partial charge is 0.508 e. The second kappa shape index (κ2) is 9.12. The van der Waals surface area contributed by atoms with Gasteiger partial charge in [-0.25, -0.2) is 9.18 Å². The fraction of sp³-hybridized carbons (Fsp3) is 0.357. The van der Waals surface area contributed by atoms with Crippen molar-refractivity contribution >= 4 is 22.8 Å². The van der Waals surface area contributed by atoms with E-state index in [1.54, 1.807) is 36.1 Å². The van der Waals surface area contributed by atoms with E-state index in [9.17, 15) is 19.1 Å². The Balaban J connectivity index is 1.61. The predicted octanol–water partition coefficient (Wildman–Crippen LogP) is 3.64. The first-order chi connectivity index (χ1) is 17.7.